The zero-order valence-corrected chi connectivity index (χ0v) is 12.2. The van der Waals surface area contributed by atoms with Crippen LogP contribution in [0.5, 0.6) is 5.75 Å². The third kappa shape index (κ3) is 2.86. The van der Waals surface area contributed by atoms with Gasteiger partial charge in [0, 0.05) is 27.8 Å². The van der Waals surface area contributed by atoms with Crippen LogP contribution < -0.4 is 4.74 Å². The molecule has 0 heterocycles. The van der Waals surface area contributed by atoms with Gasteiger partial charge in [0.25, 0.3) is 0 Å². The second kappa shape index (κ2) is 5.83. The first-order valence-corrected chi connectivity index (χ1v) is 6.48. The van der Waals surface area contributed by atoms with Crippen LogP contribution in [-0.4, -0.2) is 13.4 Å². The van der Waals surface area contributed by atoms with Crippen LogP contribution in [0.2, 0.25) is 15.1 Å². The van der Waals surface area contributed by atoms with Crippen LogP contribution in [0, 0.1) is 0 Å². The van der Waals surface area contributed by atoms with Gasteiger partial charge in [-0.15, -0.1) is 0 Å². The van der Waals surface area contributed by atoms with E-state index in [-0.39, 0.29) is 0 Å². The Kier molecular flexibility index (Phi) is 4.35. The van der Waals surface area contributed by atoms with Crippen molar-refractivity contribution in [2.75, 3.05) is 7.11 Å². The van der Waals surface area contributed by atoms with E-state index in [1.807, 2.05) is 0 Å². The van der Waals surface area contributed by atoms with Gasteiger partial charge in [0.1, 0.15) is 12.0 Å². The minimum Gasteiger partial charge on any atom is -0.495 e. The van der Waals surface area contributed by atoms with E-state index in [1.165, 1.54) is 7.11 Å². The van der Waals surface area contributed by atoms with Crippen molar-refractivity contribution in [3.8, 4) is 16.9 Å². The predicted octanol–water partition coefficient (Wildman–Crippen LogP) is 5.13. The lowest BCUT2D eigenvalue weighted by atomic mass is 10.0. The van der Waals surface area contributed by atoms with Crippen LogP contribution in [0.1, 0.15) is 10.4 Å². The maximum absolute atomic E-state index is 10.7. The summed E-state index contributed by atoms with van der Waals surface area (Å²) >= 11 is 18.4. The number of carbonyl (C=O) groups is 1. The van der Waals surface area contributed by atoms with Gasteiger partial charge in [-0.2, -0.15) is 0 Å². The number of aldehydes is 1. The molecule has 0 amide bonds. The van der Waals surface area contributed by atoms with Crippen molar-refractivity contribution in [2.24, 2.45) is 0 Å². The van der Waals surface area contributed by atoms with Gasteiger partial charge in [0.15, 0.2) is 0 Å². The summed E-state index contributed by atoms with van der Waals surface area (Å²) < 4.78 is 5.09. The van der Waals surface area contributed by atoms with Crippen molar-refractivity contribution in [2.45, 2.75) is 0 Å². The Hall–Kier alpha value is -1.22. The molecule has 0 unspecified atom stereocenters. The van der Waals surface area contributed by atoms with Gasteiger partial charge in [0.2, 0.25) is 0 Å². The van der Waals surface area contributed by atoms with E-state index in [4.69, 9.17) is 39.5 Å². The molecule has 2 aromatic rings. The molecule has 98 valence electrons. The Morgan fingerprint density at radius 1 is 0.947 bits per heavy atom. The van der Waals surface area contributed by atoms with E-state index in [1.54, 1.807) is 30.3 Å². The molecule has 0 spiro atoms. The van der Waals surface area contributed by atoms with E-state index in [2.05, 4.69) is 0 Å². The highest BCUT2D eigenvalue weighted by Gasteiger charge is 2.12. The van der Waals surface area contributed by atoms with Crippen molar-refractivity contribution in [3.63, 3.8) is 0 Å². The SMILES string of the molecule is COc1cc(Cl)c(-c2ccc(C=O)cc2Cl)cc1Cl. The average Bonchev–Trinajstić information content (AvgIpc) is 2.41. The first kappa shape index (κ1) is 14.2. The fraction of sp³-hybridized carbons (Fsp3) is 0.0714. The molecular weight excluding hydrogens is 307 g/mol. The van der Waals surface area contributed by atoms with Crippen molar-refractivity contribution < 1.29 is 9.53 Å². The van der Waals surface area contributed by atoms with Crippen LogP contribution in [0.15, 0.2) is 30.3 Å². The molecule has 0 N–H and O–H groups in total. The number of hydrogen-bond acceptors (Lipinski definition) is 2. The fourth-order valence-corrected chi connectivity index (χ4v) is 2.50. The Labute approximate surface area is 125 Å². The average molecular weight is 316 g/mol. The molecule has 0 aliphatic rings. The van der Waals surface area contributed by atoms with Crippen LogP contribution in [-0.2, 0) is 0 Å². The van der Waals surface area contributed by atoms with Gasteiger partial charge < -0.3 is 4.74 Å². The summed E-state index contributed by atoms with van der Waals surface area (Å²) in [5, 5.41) is 1.35. The summed E-state index contributed by atoms with van der Waals surface area (Å²) in [6.07, 6.45) is 0.734. The first-order chi connectivity index (χ1) is 9.06. The van der Waals surface area contributed by atoms with Gasteiger partial charge in [-0.1, -0.05) is 46.9 Å². The molecule has 0 saturated carbocycles. The zero-order valence-electron chi connectivity index (χ0n) is 9.91. The molecule has 2 rings (SSSR count). The molecule has 2 aromatic carbocycles. The maximum Gasteiger partial charge on any atom is 0.150 e. The number of hydrogen-bond donors (Lipinski definition) is 0. The maximum atomic E-state index is 10.7. The minimum atomic E-state index is 0.438. The Bertz CT molecular complexity index is 639. The van der Waals surface area contributed by atoms with Crippen LogP contribution in [0.25, 0.3) is 11.1 Å². The van der Waals surface area contributed by atoms with Crippen molar-refractivity contribution in [1.82, 2.24) is 0 Å². The molecule has 2 nitrogen and oxygen atoms in total. The molecule has 0 radical (unpaired) electrons. The van der Waals surface area contributed by atoms with E-state index in [9.17, 15) is 4.79 Å². The number of rotatable bonds is 3. The molecule has 0 fully saturated rings. The minimum absolute atomic E-state index is 0.438. The first-order valence-electron chi connectivity index (χ1n) is 5.35. The van der Waals surface area contributed by atoms with Crippen LogP contribution in [0.4, 0.5) is 0 Å². The van der Waals surface area contributed by atoms with E-state index in [0.717, 1.165) is 6.29 Å². The quantitative estimate of drug-likeness (QED) is 0.733. The Balaban J connectivity index is 2.59. The lowest BCUT2D eigenvalue weighted by Gasteiger charge is -2.10. The van der Waals surface area contributed by atoms with Crippen molar-refractivity contribution in [3.05, 3.63) is 51.0 Å². The molecule has 0 aliphatic heterocycles. The van der Waals surface area contributed by atoms with E-state index < -0.39 is 0 Å². The van der Waals surface area contributed by atoms with E-state index in [0.29, 0.717) is 37.5 Å². The third-order valence-corrected chi connectivity index (χ3v) is 3.58. The normalized spacial score (nSPS) is 10.3. The summed E-state index contributed by atoms with van der Waals surface area (Å²) in [5.74, 6) is 0.496. The Morgan fingerprint density at radius 3 is 2.21 bits per heavy atom. The fourth-order valence-electron chi connectivity index (χ4n) is 1.71. The predicted molar refractivity (Wildman–Crippen MR) is 78.8 cm³/mol. The van der Waals surface area contributed by atoms with Crippen LogP contribution >= 0.6 is 34.8 Å². The zero-order chi connectivity index (χ0) is 14.0. The molecule has 0 aromatic heterocycles. The smallest absolute Gasteiger partial charge is 0.150 e. The van der Waals surface area contributed by atoms with Gasteiger partial charge in [-0.25, -0.2) is 0 Å². The Morgan fingerprint density at radius 2 is 1.63 bits per heavy atom. The molecule has 0 saturated heterocycles. The highest BCUT2D eigenvalue weighted by molar-refractivity contribution is 6.38. The highest BCUT2D eigenvalue weighted by atomic mass is 35.5. The summed E-state index contributed by atoms with van der Waals surface area (Å²) in [5.41, 5.74) is 1.90. The third-order valence-electron chi connectivity index (χ3n) is 2.66. The summed E-state index contributed by atoms with van der Waals surface area (Å²) in [6.45, 7) is 0. The second-order valence-electron chi connectivity index (χ2n) is 3.82. The lowest BCUT2D eigenvalue weighted by Crippen LogP contribution is -1.88. The topological polar surface area (TPSA) is 26.3 Å². The van der Waals surface area contributed by atoms with Crippen LogP contribution in [0.3, 0.4) is 0 Å². The number of ether oxygens (including phenoxy) is 1. The number of methoxy groups -OCH3 is 1. The van der Waals surface area contributed by atoms with Gasteiger partial charge in [0.05, 0.1) is 17.2 Å². The second-order valence-corrected chi connectivity index (χ2v) is 5.05. The highest BCUT2D eigenvalue weighted by Crippen LogP contribution is 2.39. The summed E-state index contributed by atoms with van der Waals surface area (Å²) in [4.78, 5) is 10.7. The van der Waals surface area contributed by atoms with E-state index >= 15 is 0 Å². The van der Waals surface area contributed by atoms with Gasteiger partial charge in [-0.05, 0) is 12.1 Å². The molecular formula is C14H9Cl3O2. The van der Waals surface area contributed by atoms with Crippen molar-refractivity contribution in [1.29, 1.82) is 0 Å². The molecule has 0 aliphatic carbocycles. The number of halogens is 3. The molecule has 0 bridgehead atoms. The van der Waals surface area contributed by atoms with Crippen molar-refractivity contribution >= 4 is 41.1 Å². The summed E-state index contributed by atoms with van der Waals surface area (Å²) in [7, 11) is 1.52. The standard InChI is InChI=1S/C14H9Cl3O2/c1-19-14-6-12(16)10(5-13(14)17)9-3-2-8(7-18)4-11(9)15/h2-7H,1H3. The largest absolute Gasteiger partial charge is 0.495 e. The summed E-state index contributed by atoms with van der Waals surface area (Å²) in [6, 6.07) is 8.30. The van der Waals surface area contributed by atoms with Gasteiger partial charge in [-0.3, -0.25) is 4.79 Å². The number of carbonyl (C=O) groups excluding carboxylic acids is 1. The molecule has 0 atom stereocenters. The monoisotopic (exact) mass is 314 g/mol. The molecule has 5 heteroatoms. The number of benzene rings is 2. The molecule has 19 heavy (non-hydrogen) atoms. The van der Waals surface area contributed by atoms with Gasteiger partial charge >= 0.3 is 0 Å². The lowest BCUT2D eigenvalue weighted by molar-refractivity contribution is 0.112.